The van der Waals surface area contributed by atoms with Gasteiger partial charge in [0.25, 0.3) is 0 Å². The molecule has 0 aliphatic heterocycles. The Balaban J connectivity index is 2.73. The van der Waals surface area contributed by atoms with Gasteiger partial charge in [0.05, 0.1) is 5.56 Å². The topological polar surface area (TPSA) is 26.3 Å². The average molecular weight is 378 g/mol. The van der Waals surface area contributed by atoms with Gasteiger partial charge in [0.2, 0.25) is 5.78 Å². The summed E-state index contributed by atoms with van der Waals surface area (Å²) in [5.41, 5.74) is -2.73. The van der Waals surface area contributed by atoms with Crippen molar-refractivity contribution in [1.82, 2.24) is 0 Å². The average Bonchev–Trinajstić information content (AvgIpc) is 2.48. The molecule has 8 heteroatoms. The second-order valence-corrected chi connectivity index (χ2v) is 4.19. The largest absolute Gasteiger partial charge is 0.427 e. The molecule has 0 aromatic heterocycles. The van der Waals surface area contributed by atoms with Crippen molar-refractivity contribution in [2.45, 2.75) is 18.5 Å². The number of carbonyl (C=O) groups is 1. The number of fused-ring (bicyclic) bond motifs is 1. The normalized spacial score (nSPS) is 17.8. The molecule has 0 unspecified atom stereocenters. The maximum atomic E-state index is 13.2. The van der Waals surface area contributed by atoms with Crippen LogP contribution >= 0.6 is 23.0 Å². The molecule has 98 valence electrons. The van der Waals surface area contributed by atoms with Crippen LogP contribution in [0.3, 0.4) is 0 Å². The third kappa shape index (κ3) is 1.95. The molecule has 18 heavy (non-hydrogen) atoms. The van der Waals surface area contributed by atoms with E-state index in [4.69, 9.17) is 0 Å². The van der Waals surface area contributed by atoms with Gasteiger partial charge in [-0.15, -0.1) is 0 Å². The predicted octanol–water partition coefficient (Wildman–Crippen LogP) is 3.81. The van der Waals surface area contributed by atoms with Crippen molar-refractivity contribution in [3.63, 3.8) is 0 Å². The maximum Gasteiger partial charge on any atom is 0.417 e. The highest BCUT2D eigenvalue weighted by atomic mass is 127. The molecule has 2 nitrogen and oxygen atoms in total. The van der Waals surface area contributed by atoms with E-state index < -0.39 is 41.0 Å². The summed E-state index contributed by atoms with van der Waals surface area (Å²) in [6, 6.07) is 1.51. The van der Waals surface area contributed by atoms with Crippen molar-refractivity contribution in [2.75, 3.05) is 0 Å². The molecule has 1 aliphatic carbocycles. The Morgan fingerprint density at radius 1 is 1.28 bits per heavy atom. The maximum absolute atomic E-state index is 13.2. The minimum Gasteiger partial charge on any atom is -0.427 e. The molecular formula is C10H4F5IO2. The van der Waals surface area contributed by atoms with Gasteiger partial charge < -0.3 is 3.07 Å². The summed E-state index contributed by atoms with van der Waals surface area (Å²) in [6.45, 7) is 0. The van der Waals surface area contributed by atoms with Gasteiger partial charge in [0, 0.05) is 17.5 Å². The highest BCUT2D eigenvalue weighted by Gasteiger charge is 2.52. The molecule has 0 N–H and O–H groups in total. The first-order valence-corrected chi connectivity index (χ1v) is 5.51. The van der Waals surface area contributed by atoms with Crippen LogP contribution in [-0.4, -0.2) is 11.7 Å². The van der Waals surface area contributed by atoms with E-state index in [2.05, 4.69) is 3.07 Å². The zero-order valence-corrected chi connectivity index (χ0v) is 10.6. The third-order valence-electron chi connectivity index (χ3n) is 2.62. The Hall–Kier alpha value is -0.930. The van der Waals surface area contributed by atoms with Crippen LogP contribution in [-0.2, 0) is 12.6 Å². The van der Waals surface area contributed by atoms with Gasteiger partial charge in [0.15, 0.2) is 23.0 Å². The molecular weight excluding hydrogens is 374 g/mol. The summed E-state index contributed by atoms with van der Waals surface area (Å²) in [7, 11) is 0. The van der Waals surface area contributed by atoms with E-state index in [1.54, 1.807) is 0 Å². The van der Waals surface area contributed by atoms with Gasteiger partial charge in [0.1, 0.15) is 5.75 Å². The van der Waals surface area contributed by atoms with Crippen LogP contribution in [0.15, 0.2) is 12.1 Å². The smallest absolute Gasteiger partial charge is 0.417 e. The standard InChI is InChI=1S/C10H4F5IO2/c11-9(12)3-4-6(18-16)2-1-5(10(13,14)15)7(4)8(9)17/h1-2H,3H2. The van der Waals surface area contributed by atoms with Crippen molar-refractivity contribution in [3.8, 4) is 5.75 Å². The van der Waals surface area contributed by atoms with Gasteiger partial charge >= 0.3 is 12.1 Å². The Labute approximate surface area is 112 Å². The molecule has 2 rings (SSSR count). The first kappa shape index (κ1) is 13.5. The van der Waals surface area contributed by atoms with Crippen molar-refractivity contribution in [3.05, 3.63) is 28.8 Å². The van der Waals surface area contributed by atoms with Crippen LogP contribution in [0.1, 0.15) is 21.5 Å². The summed E-state index contributed by atoms with van der Waals surface area (Å²) in [4.78, 5) is 11.3. The van der Waals surface area contributed by atoms with E-state index >= 15 is 0 Å². The highest BCUT2D eigenvalue weighted by Crippen LogP contribution is 2.45. The highest BCUT2D eigenvalue weighted by molar-refractivity contribution is 14.1. The number of carbonyl (C=O) groups excluding carboxylic acids is 1. The number of hydrogen-bond acceptors (Lipinski definition) is 2. The molecule has 0 heterocycles. The molecule has 0 saturated heterocycles. The molecule has 1 aliphatic rings. The minimum absolute atomic E-state index is 0.149. The number of Topliss-reactive ketones (excluding diaryl/α,β-unsaturated/α-hetero) is 1. The minimum atomic E-state index is -4.86. The third-order valence-corrected chi connectivity index (χ3v) is 3.09. The van der Waals surface area contributed by atoms with Gasteiger partial charge in [-0.25, -0.2) is 0 Å². The number of benzene rings is 1. The van der Waals surface area contributed by atoms with E-state index in [0.29, 0.717) is 6.07 Å². The van der Waals surface area contributed by atoms with Crippen LogP contribution in [0, 0.1) is 0 Å². The molecule has 0 saturated carbocycles. The summed E-state index contributed by atoms with van der Waals surface area (Å²) < 4.78 is 69.2. The molecule has 0 spiro atoms. The van der Waals surface area contributed by atoms with E-state index in [9.17, 15) is 26.7 Å². The second-order valence-electron chi connectivity index (χ2n) is 3.75. The number of halogens is 6. The van der Waals surface area contributed by atoms with Crippen molar-refractivity contribution in [2.24, 2.45) is 0 Å². The van der Waals surface area contributed by atoms with Crippen molar-refractivity contribution < 1.29 is 29.8 Å². The lowest BCUT2D eigenvalue weighted by Crippen LogP contribution is -2.25. The Kier molecular flexibility index (Phi) is 3.03. The van der Waals surface area contributed by atoms with Crippen LogP contribution < -0.4 is 3.07 Å². The van der Waals surface area contributed by atoms with Crippen LogP contribution in [0.5, 0.6) is 5.75 Å². The number of alkyl halides is 5. The Morgan fingerprint density at radius 2 is 1.89 bits per heavy atom. The van der Waals surface area contributed by atoms with Crippen molar-refractivity contribution >= 4 is 28.8 Å². The monoisotopic (exact) mass is 378 g/mol. The first-order chi connectivity index (χ1) is 8.18. The lowest BCUT2D eigenvalue weighted by Gasteiger charge is -2.12. The number of rotatable bonds is 1. The van der Waals surface area contributed by atoms with E-state index in [1.807, 2.05) is 0 Å². The Bertz CT molecular complexity index is 524. The van der Waals surface area contributed by atoms with Crippen LogP contribution in [0.2, 0.25) is 0 Å². The lowest BCUT2D eigenvalue weighted by molar-refractivity contribution is -0.137. The summed E-state index contributed by atoms with van der Waals surface area (Å²) in [5.74, 6) is -5.77. The number of ketones is 1. The predicted molar refractivity (Wildman–Crippen MR) is 59.1 cm³/mol. The molecule has 0 fully saturated rings. The fraction of sp³-hybridized carbons (Fsp3) is 0.300. The van der Waals surface area contributed by atoms with Crippen molar-refractivity contribution in [1.29, 1.82) is 0 Å². The SMILES string of the molecule is O=C1c2c(C(F)(F)F)ccc(OI)c2CC1(F)F. The van der Waals surface area contributed by atoms with Gasteiger partial charge in [-0.05, 0) is 12.1 Å². The fourth-order valence-corrected chi connectivity index (χ4v) is 2.27. The lowest BCUT2D eigenvalue weighted by atomic mass is 10.0. The number of hydrogen-bond donors (Lipinski definition) is 0. The second kappa shape index (κ2) is 4.04. The fourth-order valence-electron chi connectivity index (χ4n) is 1.86. The Morgan fingerprint density at radius 3 is 2.39 bits per heavy atom. The zero-order chi connectivity index (χ0) is 13.7. The van der Waals surface area contributed by atoms with E-state index in [-0.39, 0.29) is 5.75 Å². The first-order valence-electron chi connectivity index (χ1n) is 4.63. The molecule has 0 atom stereocenters. The zero-order valence-electron chi connectivity index (χ0n) is 8.45. The van der Waals surface area contributed by atoms with Crippen LogP contribution in [0.25, 0.3) is 0 Å². The van der Waals surface area contributed by atoms with Crippen LogP contribution in [0.4, 0.5) is 22.0 Å². The van der Waals surface area contributed by atoms with E-state index in [0.717, 1.165) is 6.07 Å². The summed E-state index contributed by atoms with van der Waals surface area (Å²) in [6.07, 6.45) is -5.92. The van der Waals surface area contributed by atoms with E-state index in [1.165, 1.54) is 23.0 Å². The molecule has 0 radical (unpaired) electrons. The van der Waals surface area contributed by atoms with Gasteiger partial charge in [-0.3, -0.25) is 4.79 Å². The molecule has 1 aromatic carbocycles. The molecule has 0 bridgehead atoms. The molecule has 0 amide bonds. The quantitative estimate of drug-likeness (QED) is 0.549. The van der Waals surface area contributed by atoms with Gasteiger partial charge in [-0.2, -0.15) is 22.0 Å². The van der Waals surface area contributed by atoms with Gasteiger partial charge in [-0.1, -0.05) is 0 Å². The summed E-state index contributed by atoms with van der Waals surface area (Å²) in [5, 5.41) is 0. The summed E-state index contributed by atoms with van der Waals surface area (Å²) >= 11 is 1.36. The molecule has 1 aromatic rings.